The van der Waals surface area contributed by atoms with Crippen LogP contribution in [0.15, 0.2) is 0 Å². The summed E-state index contributed by atoms with van der Waals surface area (Å²) in [6.07, 6.45) is 3.04. The largest absolute Gasteiger partial charge is 0.374 e. The van der Waals surface area contributed by atoms with E-state index in [-0.39, 0.29) is 0 Å². The van der Waals surface area contributed by atoms with Gasteiger partial charge in [0, 0.05) is 13.0 Å². The lowest BCUT2D eigenvalue weighted by molar-refractivity contribution is 0.413. The molecule has 2 aromatic rings. The summed E-state index contributed by atoms with van der Waals surface area (Å²) in [4.78, 5) is 8.06. The number of nitrogen functional groups attached to an aromatic ring is 1. The number of nitrogens with two attached hydrogens (primary N) is 1. The van der Waals surface area contributed by atoms with Gasteiger partial charge >= 0.3 is 0 Å². The summed E-state index contributed by atoms with van der Waals surface area (Å²) in [6.45, 7) is 3.17. The third kappa shape index (κ3) is 3.71. The standard InChI is InChI=1S/C12H19N5S2/c1-4-5-8-10(11-15-16-12(13)19-11)18-9(14-8)6-7-17(2)3/h4-7H2,1-3H3,(H2,13,16). The highest BCUT2D eigenvalue weighted by molar-refractivity contribution is 7.23. The van der Waals surface area contributed by atoms with Crippen molar-refractivity contribution in [1.29, 1.82) is 0 Å². The molecule has 0 saturated heterocycles. The fourth-order valence-corrected chi connectivity index (χ4v) is 3.53. The Kier molecular flexibility index (Phi) is 4.84. The predicted octanol–water partition coefficient (Wildman–Crippen LogP) is 2.30. The smallest absolute Gasteiger partial charge is 0.203 e. The highest BCUT2D eigenvalue weighted by Crippen LogP contribution is 2.34. The molecule has 0 aliphatic heterocycles. The van der Waals surface area contributed by atoms with Gasteiger partial charge in [0.05, 0.1) is 15.6 Å². The van der Waals surface area contributed by atoms with Gasteiger partial charge in [-0.15, -0.1) is 21.5 Å². The molecular weight excluding hydrogens is 278 g/mol. The van der Waals surface area contributed by atoms with Crippen LogP contribution >= 0.6 is 22.7 Å². The zero-order valence-corrected chi connectivity index (χ0v) is 13.1. The van der Waals surface area contributed by atoms with E-state index >= 15 is 0 Å². The van der Waals surface area contributed by atoms with Gasteiger partial charge in [-0.3, -0.25) is 0 Å². The highest BCUT2D eigenvalue weighted by Gasteiger charge is 2.16. The van der Waals surface area contributed by atoms with Crippen LogP contribution in [0.4, 0.5) is 5.13 Å². The minimum absolute atomic E-state index is 0.515. The van der Waals surface area contributed by atoms with Gasteiger partial charge in [-0.25, -0.2) is 4.98 Å². The number of nitrogens with zero attached hydrogens (tertiary/aromatic N) is 4. The molecule has 0 aliphatic rings. The van der Waals surface area contributed by atoms with Crippen molar-refractivity contribution in [2.45, 2.75) is 26.2 Å². The molecule has 0 atom stereocenters. The Morgan fingerprint density at radius 3 is 2.53 bits per heavy atom. The first-order chi connectivity index (χ1) is 9.10. The van der Waals surface area contributed by atoms with Crippen LogP contribution in [0.2, 0.25) is 0 Å². The van der Waals surface area contributed by atoms with E-state index in [9.17, 15) is 0 Å². The summed E-state index contributed by atoms with van der Waals surface area (Å²) >= 11 is 3.16. The zero-order chi connectivity index (χ0) is 13.8. The summed E-state index contributed by atoms with van der Waals surface area (Å²) in [7, 11) is 4.15. The van der Waals surface area contributed by atoms with E-state index < -0.39 is 0 Å². The normalized spacial score (nSPS) is 11.4. The van der Waals surface area contributed by atoms with Gasteiger partial charge in [0.25, 0.3) is 0 Å². The summed E-state index contributed by atoms with van der Waals surface area (Å²) in [5.74, 6) is 0. The quantitative estimate of drug-likeness (QED) is 0.886. The van der Waals surface area contributed by atoms with Gasteiger partial charge in [-0.05, 0) is 20.5 Å². The van der Waals surface area contributed by atoms with E-state index in [0.29, 0.717) is 5.13 Å². The average Bonchev–Trinajstić information content (AvgIpc) is 2.93. The van der Waals surface area contributed by atoms with Gasteiger partial charge < -0.3 is 10.6 Å². The second-order valence-electron chi connectivity index (χ2n) is 4.63. The van der Waals surface area contributed by atoms with E-state index in [0.717, 1.165) is 41.4 Å². The first kappa shape index (κ1) is 14.4. The SMILES string of the molecule is CCCc1nc(CCN(C)C)sc1-c1nnc(N)s1. The van der Waals surface area contributed by atoms with E-state index in [1.165, 1.54) is 16.3 Å². The maximum atomic E-state index is 5.67. The molecule has 5 nitrogen and oxygen atoms in total. The van der Waals surface area contributed by atoms with Crippen LogP contribution in [-0.4, -0.2) is 40.7 Å². The molecule has 0 spiro atoms. The maximum Gasteiger partial charge on any atom is 0.203 e. The summed E-state index contributed by atoms with van der Waals surface area (Å²) in [5, 5.41) is 10.6. The molecule has 2 rings (SSSR count). The van der Waals surface area contributed by atoms with E-state index in [1.807, 2.05) is 0 Å². The van der Waals surface area contributed by atoms with Gasteiger partial charge in [0.1, 0.15) is 0 Å². The summed E-state index contributed by atoms with van der Waals surface area (Å²) in [5.41, 5.74) is 6.80. The Morgan fingerprint density at radius 2 is 1.95 bits per heavy atom. The molecule has 2 heterocycles. The van der Waals surface area contributed by atoms with Crippen molar-refractivity contribution in [3.63, 3.8) is 0 Å². The molecule has 0 aromatic carbocycles. The third-order valence-electron chi connectivity index (χ3n) is 2.64. The number of rotatable bonds is 6. The van der Waals surface area contributed by atoms with Crippen LogP contribution in [0, 0.1) is 0 Å². The number of aryl methyl sites for hydroxylation is 1. The predicted molar refractivity (Wildman–Crippen MR) is 81.7 cm³/mol. The van der Waals surface area contributed by atoms with Gasteiger partial charge in [0.15, 0.2) is 5.01 Å². The van der Waals surface area contributed by atoms with Crippen molar-refractivity contribution < 1.29 is 0 Å². The van der Waals surface area contributed by atoms with Crippen LogP contribution in [-0.2, 0) is 12.8 Å². The zero-order valence-electron chi connectivity index (χ0n) is 11.5. The molecule has 19 heavy (non-hydrogen) atoms. The van der Waals surface area contributed by atoms with Crippen molar-refractivity contribution >= 4 is 27.8 Å². The van der Waals surface area contributed by atoms with Crippen LogP contribution in [0.3, 0.4) is 0 Å². The topological polar surface area (TPSA) is 67.9 Å². The summed E-state index contributed by atoms with van der Waals surface area (Å²) < 4.78 is 0. The molecule has 0 aliphatic carbocycles. The van der Waals surface area contributed by atoms with E-state index in [1.54, 1.807) is 11.3 Å². The molecular formula is C12H19N5S2. The number of anilines is 1. The number of thiazole rings is 1. The molecule has 2 N–H and O–H groups in total. The molecule has 0 saturated carbocycles. The van der Waals surface area contributed by atoms with Gasteiger partial charge in [-0.2, -0.15) is 0 Å². The molecule has 0 amide bonds. The minimum Gasteiger partial charge on any atom is -0.374 e. The second kappa shape index (κ2) is 6.40. The minimum atomic E-state index is 0.515. The Balaban J connectivity index is 2.25. The second-order valence-corrected chi connectivity index (χ2v) is 6.72. The molecule has 2 aromatic heterocycles. The molecule has 0 radical (unpaired) electrons. The Labute approximate surface area is 121 Å². The van der Waals surface area contributed by atoms with Crippen LogP contribution in [0.1, 0.15) is 24.0 Å². The van der Waals surface area contributed by atoms with Gasteiger partial charge in [-0.1, -0.05) is 24.7 Å². The molecule has 0 bridgehead atoms. The van der Waals surface area contributed by atoms with Crippen molar-refractivity contribution in [2.75, 3.05) is 26.4 Å². The first-order valence-electron chi connectivity index (χ1n) is 6.32. The number of hydrogen-bond donors (Lipinski definition) is 1. The molecule has 104 valence electrons. The molecule has 7 heteroatoms. The fraction of sp³-hybridized carbons (Fsp3) is 0.583. The van der Waals surface area contributed by atoms with Crippen LogP contribution < -0.4 is 5.73 Å². The lowest BCUT2D eigenvalue weighted by atomic mass is 10.2. The van der Waals surface area contributed by atoms with Crippen molar-refractivity contribution in [3.05, 3.63) is 10.7 Å². The monoisotopic (exact) mass is 297 g/mol. The maximum absolute atomic E-state index is 5.67. The molecule has 0 unspecified atom stereocenters. The number of aromatic nitrogens is 3. The fourth-order valence-electron chi connectivity index (χ4n) is 1.73. The van der Waals surface area contributed by atoms with E-state index in [2.05, 4.69) is 36.1 Å². The van der Waals surface area contributed by atoms with Crippen LogP contribution in [0.25, 0.3) is 9.88 Å². The van der Waals surface area contributed by atoms with Gasteiger partial charge in [0.2, 0.25) is 5.13 Å². The van der Waals surface area contributed by atoms with Crippen molar-refractivity contribution in [2.24, 2.45) is 0 Å². The number of hydrogen-bond acceptors (Lipinski definition) is 7. The average molecular weight is 297 g/mol. The highest BCUT2D eigenvalue weighted by atomic mass is 32.1. The third-order valence-corrected chi connectivity index (χ3v) is 4.70. The van der Waals surface area contributed by atoms with Crippen molar-refractivity contribution in [1.82, 2.24) is 20.1 Å². The van der Waals surface area contributed by atoms with Crippen LogP contribution in [0.5, 0.6) is 0 Å². The lowest BCUT2D eigenvalue weighted by Gasteiger charge is -2.06. The molecule has 0 fully saturated rings. The van der Waals surface area contributed by atoms with Crippen molar-refractivity contribution in [3.8, 4) is 9.88 Å². The number of likely N-dealkylation sites (N-methyl/N-ethyl adjacent to an activating group) is 1. The first-order valence-corrected chi connectivity index (χ1v) is 7.96. The lowest BCUT2D eigenvalue weighted by Crippen LogP contribution is -2.14. The summed E-state index contributed by atoms with van der Waals surface area (Å²) in [6, 6.07) is 0. The Hall–Kier alpha value is -1.05. The van der Waals surface area contributed by atoms with E-state index in [4.69, 9.17) is 10.7 Å². The Bertz CT molecular complexity index is 532. The Morgan fingerprint density at radius 1 is 1.16 bits per heavy atom.